The molecule has 0 fully saturated rings. The molecule has 2 aromatic carbocycles. The van der Waals surface area contributed by atoms with Gasteiger partial charge in [0.2, 0.25) is 5.82 Å². The van der Waals surface area contributed by atoms with E-state index >= 15 is 0 Å². The fourth-order valence-electron chi connectivity index (χ4n) is 2.85. The molecule has 7 nitrogen and oxygen atoms in total. The third kappa shape index (κ3) is 4.68. The number of carbonyl (C=O) groups excluding carboxylic acids is 1. The largest absolute Gasteiger partial charge is 0.493 e. The minimum Gasteiger partial charge on any atom is -0.493 e. The summed E-state index contributed by atoms with van der Waals surface area (Å²) in [5, 5.41) is 4.77. The van der Waals surface area contributed by atoms with E-state index in [0.717, 1.165) is 0 Å². The van der Waals surface area contributed by atoms with Gasteiger partial charge in [0.15, 0.2) is 11.5 Å². The lowest BCUT2D eigenvalue weighted by Crippen LogP contribution is -2.27. The van der Waals surface area contributed by atoms with Crippen molar-refractivity contribution in [1.29, 1.82) is 0 Å². The lowest BCUT2D eigenvalue weighted by atomic mass is 10.2. The summed E-state index contributed by atoms with van der Waals surface area (Å²) in [6.07, 6.45) is 0. The molecule has 1 aromatic heterocycles. The number of rotatable bonds is 7. The highest BCUT2D eigenvalue weighted by molar-refractivity contribution is 6.32. The van der Waals surface area contributed by atoms with Crippen LogP contribution in [-0.4, -0.2) is 46.3 Å². The predicted octanol–water partition coefficient (Wildman–Crippen LogP) is 4.11. The Bertz CT molecular complexity index is 1060. The van der Waals surface area contributed by atoms with E-state index in [1.807, 2.05) is 6.07 Å². The first-order valence-corrected chi connectivity index (χ1v) is 9.23. The molecule has 0 spiro atoms. The molecule has 3 rings (SSSR count). The second-order valence-electron chi connectivity index (χ2n) is 6.37. The maximum absolute atomic E-state index is 12.8. The number of aryl methyl sites for hydroxylation is 1. The van der Waals surface area contributed by atoms with Crippen LogP contribution in [0.3, 0.4) is 0 Å². The smallest absolute Gasteiger partial charge is 0.387 e. The number of alkyl halides is 2. The van der Waals surface area contributed by atoms with Gasteiger partial charge in [-0.3, -0.25) is 4.79 Å². The summed E-state index contributed by atoms with van der Waals surface area (Å²) >= 11 is 6.21. The number of ether oxygens (including phenoxy) is 2. The van der Waals surface area contributed by atoms with E-state index in [2.05, 4.69) is 14.8 Å². The summed E-state index contributed by atoms with van der Waals surface area (Å²) < 4.78 is 35.9. The van der Waals surface area contributed by atoms with Crippen LogP contribution in [0.4, 0.5) is 8.78 Å². The number of hydrogen-bond acceptors (Lipinski definition) is 5. The Morgan fingerprint density at radius 1 is 1.23 bits per heavy atom. The van der Waals surface area contributed by atoms with Crippen LogP contribution in [0.5, 0.6) is 11.5 Å². The van der Waals surface area contributed by atoms with Crippen molar-refractivity contribution in [1.82, 2.24) is 19.7 Å². The number of carbonyl (C=O) groups is 1. The number of nitrogens with zero attached hydrogens (tertiary/aromatic N) is 4. The zero-order valence-corrected chi connectivity index (χ0v) is 17.2. The van der Waals surface area contributed by atoms with Gasteiger partial charge in [-0.2, -0.15) is 8.78 Å². The molecule has 158 valence electrons. The molecule has 0 aliphatic heterocycles. The van der Waals surface area contributed by atoms with Crippen molar-refractivity contribution in [2.45, 2.75) is 20.1 Å². The molecule has 1 heterocycles. The van der Waals surface area contributed by atoms with Crippen LogP contribution < -0.4 is 9.47 Å². The first-order chi connectivity index (χ1) is 14.3. The molecule has 0 bridgehead atoms. The summed E-state index contributed by atoms with van der Waals surface area (Å²) in [6, 6.07) is 11.6. The lowest BCUT2D eigenvalue weighted by Gasteiger charge is -2.17. The van der Waals surface area contributed by atoms with Gasteiger partial charge in [0.1, 0.15) is 5.82 Å². The van der Waals surface area contributed by atoms with Crippen molar-refractivity contribution in [2.75, 3.05) is 14.2 Å². The van der Waals surface area contributed by atoms with Gasteiger partial charge >= 0.3 is 6.61 Å². The fraction of sp³-hybridized carbons (Fsp3) is 0.250. The third-order valence-corrected chi connectivity index (χ3v) is 4.57. The Morgan fingerprint density at radius 2 is 1.97 bits per heavy atom. The normalized spacial score (nSPS) is 10.9. The minimum absolute atomic E-state index is 0.0135. The molecule has 0 saturated carbocycles. The van der Waals surface area contributed by atoms with Crippen LogP contribution >= 0.6 is 11.6 Å². The van der Waals surface area contributed by atoms with Crippen molar-refractivity contribution in [3.8, 4) is 17.2 Å². The molecule has 3 aromatic rings. The summed E-state index contributed by atoms with van der Waals surface area (Å²) in [6.45, 7) is -1.06. The number of amides is 1. The van der Waals surface area contributed by atoms with Gasteiger partial charge in [-0.1, -0.05) is 29.8 Å². The summed E-state index contributed by atoms with van der Waals surface area (Å²) in [5.41, 5.74) is 1.27. The molecule has 0 aliphatic carbocycles. The van der Waals surface area contributed by atoms with E-state index in [0.29, 0.717) is 22.1 Å². The van der Waals surface area contributed by atoms with E-state index in [1.54, 1.807) is 38.2 Å². The Morgan fingerprint density at radius 3 is 2.63 bits per heavy atom. The average molecular weight is 437 g/mol. The van der Waals surface area contributed by atoms with E-state index in [-0.39, 0.29) is 23.9 Å². The maximum atomic E-state index is 12.8. The van der Waals surface area contributed by atoms with Gasteiger partial charge < -0.3 is 14.4 Å². The first-order valence-electron chi connectivity index (χ1n) is 8.86. The monoisotopic (exact) mass is 436 g/mol. The number of hydrogen-bond donors (Lipinski definition) is 0. The minimum atomic E-state index is -2.96. The van der Waals surface area contributed by atoms with Gasteiger partial charge in [-0.25, -0.2) is 9.67 Å². The van der Waals surface area contributed by atoms with Crippen LogP contribution in [0.1, 0.15) is 22.0 Å². The van der Waals surface area contributed by atoms with Crippen molar-refractivity contribution in [3.05, 3.63) is 64.7 Å². The highest BCUT2D eigenvalue weighted by Crippen LogP contribution is 2.30. The second-order valence-corrected chi connectivity index (χ2v) is 6.78. The van der Waals surface area contributed by atoms with E-state index in [9.17, 15) is 13.6 Å². The first kappa shape index (κ1) is 21.5. The van der Waals surface area contributed by atoms with Gasteiger partial charge in [-0.05, 0) is 36.8 Å². The van der Waals surface area contributed by atoms with Gasteiger partial charge in [0, 0.05) is 13.6 Å². The Labute approximate surface area is 176 Å². The molecule has 0 aliphatic rings. The SMILES string of the molecule is COc1cc(CN(C)C(=O)c2nc(C)n(-c3ccccc3Cl)n2)ccc1OC(F)F. The van der Waals surface area contributed by atoms with Crippen LogP contribution in [0, 0.1) is 6.92 Å². The number of aromatic nitrogens is 3. The Balaban J connectivity index is 1.78. The van der Waals surface area contributed by atoms with Crippen LogP contribution in [0.2, 0.25) is 5.02 Å². The molecule has 30 heavy (non-hydrogen) atoms. The van der Waals surface area contributed by atoms with Gasteiger partial charge in [-0.15, -0.1) is 5.10 Å². The average Bonchev–Trinajstić information content (AvgIpc) is 3.09. The van der Waals surface area contributed by atoms with Gasteiger partial charge in [0.05, 0.1) is 17.8 Å². The van der Waals surface area contributed by atoms with E-state index < -0.39 is 12.5 Å². The lowest BCUT2D eigenvalue weighted by molar-refractivity contribution is -0.0512. The van der Waals surface area contributed by atoms with Crippen molar-refractivity contribution < 1.29 is 23.0 Å². The molecular formula is C20H19ClF2N4O3. The van der Waals surface area contributed by atoms with Gasteiger partial charge in [0.25, 0.3) is 5.91 Å². The van der Waals surface area contributed by atoms with Crippen LogP contribution in [0.15, 0.2) is 42.5 Å². The van der Waals surface area contributed by atoms with Crippen LogP contribution in [0.25, 0.3) is 5.69 Å². The molecule has 0 radical (unpaired) electrons. The summed E-state index contributed by atoms with van der Waals surface area (Å²) in [7, 11) is 2.93. The quantitative estimate of drug-likeness (QED) is 0.557. The van der Waals surface area contributed by atoms with E-state index in [4.69, 9.17) is 16.3 Å². The summed E-state index contributed by atoms with van der Waals surface area (Å²) in [5.74, 6) is 0.178. The van der Waals surface area contributed by atoms with Crippen molar-refractivity contribution in [2.24, 2.45) is 0 Å². The summed E-state index contributed by atoms with van der Waals surface area (Å²) in [4.78, 5) is 18.5. The van der Waals surface area contributed by atoms with E-state index in [1.165, 1.54) is 28.8 Å². The predicted molar refractivity (Wildman–Crippen MR) is 107 cm³/mol. The molecule has 0 saturated heterocycles. The number of halogens is 3. The van der Waals surface area contributed by atoms with Crippen LogP contribution in [-0.2, 0) is 6.54 Å². The Hall–Kier alpha value is -3.20. The third-order valence-electron chi connectivity index (χ3n) is 4.25. The van der Waals surface area contributed by atoms with Crippen molar-refractivity contribution >= 4 is 17.5 Å². The zero-order valence-electron chi connectivity index (χ0n) is 16.5. The Kier molecular flexibility index (Phi) is 6.51. The molecule has 1 amide bonds. The molecule has 10 heteroatoms. The highest BCUT2D eigenvalue weighted by atomic mass is 35.5. The fourth-order valence-corrected chi connectivity index (χ4v) is 3.07. The number of benzene rings is 2. The molecule has 0 N–H and O–H groups in total. The molecular weight excluding hydrogens is 418 g/mol. The standard InChI is InChI=1S/C20H19ClF2N4O3/c1-12-24-18(25-27(12)15-7-5-4-6-14(15)21)19(28)26(2)11-13-8-9-16(30-20(22)23)17(10-13)29-3/h4-10,20H,11H2,1-3H3. The second kappa shape index (κ2) is 9.08. The maximum Gasteiger partial charge on any atom is 0.387 e. The highest BCUT2D eigenvalue weighted by Gasteiger charge is 2.21. The molecule has 0 atom stereocenters. The zero-order chi connectivity index (χ0) is 21.8. The molecule has 0 unspecified atom stereocenters. The van der Waals surface area contributed by atoms with Crippen molar-refractivity contribution in [3.63, 3.8) is 0 Å². The number of methoxy groups -OCH3 is 1. The number of para-hydroxylation sites is 1. The topological polar surface area (TPSA) is 69.5 Å².